The molecule has 0 bridgehead atoms. The lowest BCUT2D eigenvalue weighted by molar-refractivity contribution is 0.202. The Bertz CT molecular complexity index is 485. The first-order valence-electron chi connectivity index (χ1n) is 10.2. The van der Waals surface area contributed by atoms with Crippen LogP contribution in [0.15, 0.2) is 36.4 Å². The van der Waals surface area contributed by atoms with Crippen molar-refractivity contribution in [2.75, 3.05) is 13.2 Å². The number of unbranched alkanes of at least 4 members (excludes halogenated alkanes) is 7. The molecule has 1 aromatic rings. The van der Waals surface area contributed by atoms with E-state index in [1.54, 1.807) is 0 Å². The van der Waals surface area contributed by atoms with E-state index in [1.807, 2.05) is 0 Å². The van der Waals surface area contributed by atoms with Gasteiger partial charge in [-0.15, -0.1) is 0 Å². The highest BCUT2D eigenvalue weighted by atomic mass is 16.6. The second kappa shape index (κ2) is 11.4. The third-order valence-electron chi connectivity index (χ3n) is 4.83. The van der Waals surface area contributed by atoms with Crippen LogP contribution in [0.3, 0.4) is 0 Å². The third-order valence-corrected chi connectivity index (χ3v) is 4.83. The van der Waals surface area contributed by atoms with E-state index >= 15 is 0 Å². The molecule has 1 atom stereocenters. The lowest BCUT2D eigenvalue weighted by atomic mass is 10.0. The maximum absolute atomic E-state index is 5.77. The summed E-state index contributed by atoms with van der Waals surface area (Å²) >= 11 is 0. The highest BCUT2D eigenvalue weighted by Crippen LogP contribution is 2.27. The quantitative estimate of drug-likeness (QED) is 0.219. The summed E-state index contributed by atoms with van der Waals surface area (Å²) in [6, 6.07) is 8.58. The zero-order chi connectivity index (χ0) is 17.8. The summed E-state index contributed by atoms with van der Waals surface area (Å²) in [4.78, 5) is 0. The molecule has 0 aliphatic carbocycles. The van der Waals surface area contributed by atoms with Crippen LogP contribution in [-0.2, 0) is 11.2 Å². The van der Waals surface area contributed by atoms with Crippen LogP contribution >= 0.6 is 0 Å². The van der Waals surface area contributed by atoms with Crippen molar-refractivity contribution in [3.63, 3.8) is 0 Å². The molecular weight excluding hydrogens is 308 g/mol. The van der Waals surface area contributed by atoms with Gasteiger partial charge in [0.25, 0.3) is 0 Å². The molecule has 1 aliphatic heterocycles. The van der Waals surface area contributed by atoms with E-state index in [4.69, 9.17) is 9.47 Å². The molecule has 1 fully saturated rings. The molecule has 25 heavy (non-hydrogen) atoms. The number of rotatable bonds is 14. The number of hydrogen-bond acceptors (Lipinski definition) is 2. The van der Waals surface area contributed by atoms with Crippen LogP contribution < -0.4 is 4.74 Å². The topological polar surface area (TPSA) is 21.8 Å². The van der Waals surface area contributed by atoms with Crippen molar-refractivity contribution in [2.24, 2.45) is 0 Å². The van der Waals surface area contributed by atoms with E-state index in [9.17, 15) is 0 Å². The van der Waals surface area contributed by atoms with Gasteiger partial charge in [-0.05, 0) is 56.7 Å². The fourth-order valence-corrected chi connectivity index (χ4v) is 2.87. The van der Waals surface area contributed by atoms with Crippen molar-refractivity contribution < 1.29 is 9.47 Å². The van der Waals surface area contributed by atoms with E-state index in [1.165, 1.54) is 69.8 Å². The first-order valence-corrected chi connectivity index (χ1v) is 10.2. The minimum Gasteiger partial charge on any atom is -0.491 e. The molecule has 1 saturated heterocycles. The van der Waals surface area contributed by atoms with Crippen LogP contribution in [-0.4, -0.2) is 18.8 Å². The van der Waals surface area contributed by atoms with Crippen molar-refractivity contribution in [2.45, 2.75) is 83.7 Å². The van der Waals surface area contributed by atoms with E-state index in [2.05, 4.69) is 50.3 Å². The second-order valence-corrected chi connectivity index (χ2v) is 7.59. The lowest BCUT2D eigenvalue weighted by Gasteiger charge is -2.09. The largest absolute Gasteiger partial charge is 0.491 e. The molecule has 1 aromatic carbocycles. The summed E-state index contributed by atoms with van der Waals surface area (Å²) in [5, 5.41) is 0. The minimum atomic E-state index is -0.0377. The number of ether oxygens (including phenoxy) is 2. The summed E-state index contributed by atoms with van der Waals surface area (Å²) in [6.07, 6.45) is 17.8. The molecule has 2 rings (SSSR count). The SMILES string of the molecule is CCCC/C=C/CCCCCCCc1ccc(OCC2(C)CO2)cc1. The number of allylic oxidation sites excluding steroid dienone is 2. The molecule has 140 valence electrons. The smallest absolute Gasteiger partial charge is 0.123 e. The van der Waals surface area contributed by atoms with Crippen LogP contribution in [0.2, 0.25) is 0 Å². The average molecular weight is 345 g/mol. The summed E-state index contributed by atoms with van der Waals surface area (Å²) in [7, 11) is 0. The van der Waals surface area contributed by atoms with Crippen molar-refractivity contribution in [3.8, 4) is 5.75 Å². The molecule has 1 heterocycles. The molecule has 2 heteroatoms. The van der Waals surface area contributed by atoms with Gasteiger partial charge in [0.1, 0.15) is 18.0 Å². The van der Waals surface area contributed by atoms with Crippen LogP contribution in [0, 0.1) is 0 Å². The van der Waals surface area contributed by atoms with Gasteiger partial charge in [-0.25, -0.2) is 0 Å². The number of epoxide rings is 1. The fourth-order valence-electron chi connectivity index (χ4n) is 2.87. The Morgan fingerprint density at radius 1 is 0.960 bits per heavy atom. The summed E-state index contributed by atoms with van der Waals surface area (Å²) in [6.45, 7) is 5.81. The highest BCUT2D eigenvalue weighted by Gasteiger charge is 2.40. The average Bonchev–Trinajstić information content (AvgIpc) is 3.37. The van der Waals surface area contributed by atoms with Crippen molar-refractivity contribution >= 4 is 0 Å². The summed E-state index contributed by atoms with van der Waals surface area (Å²) < 4.78 is 11.1. The predicted molar refractivity (Wildman–Crippen MR) is 106 cm³/mol. The third kappa shape index (κ3) is 9.11. The number of hydrogen-bond donors (Lipinski definition) is 0. The van der Waals surface area contributed by atoms with Crippen LogP contribution in [0.1, 0.15) is 77.2 Å². The Morgan fingerprint density at radius 3 is 2.28 bits per heavy atom. The van der Waals surface area contributed by atoms with Crippen LogP contribution in [0.25, 0.3) is 0 Å². The molecule has 0 spiro atoms. The second-order valence-electron chi connectivity index (χ2n) is 7.59. The fraction of sp³-hybridized carbons (Fsp3) is 0.652. The van der Waals surface area contributed by atoms with Gasteiger partial charge in [-0.2, -0.15) is 0 Å². The lowest BCUT2D eigenvalue weighted by Crippen LogP contribution is -2.16. The predicted octanol–water partition coefficient (Wildman–Crippen LogP) is 6.48. The molecule has 1 aliphatic rings. The van der Waals surface area contributed by atoms with E-state index in [0.29, 0.717) is 6.61 Å². The van der Waals surface area contributed by atoms with Crippen molar-refractivity contribution in [1.29, 1.82) is 0 Å². The summed E-state index contributed by atoms with van der Waals surface area (Å²) in [5.41, 5.74) is 1.38. The van der Waals surface area contributed by atoms with Gasteiger partial charge in [0.05, 0.1) is 6.61 Å². The Labute approximate surface area is 154 Å². The molecule has 0 radical (unpaired) electrons. The first-order chi connectivity index (χ1) is 12.2. The van der Waals surface area contributed by atoms with E-state index in [0.717, 1.165) is 12.4 Å². The van der Waals surface area contributed by atoms with Crippen molar-refractivity contribution in [3.05, 3.63) is 42.0 Å². The zero-order valence-electron chi connectivity index (χ0n) is 16.3. The number of benzene rings is 1. The normalized spacial score (nSPS) is 19.4. The van der Waals surface area contributed by atoms with Gasteiger partial charge in [0.2, 0.25) is 0 Å². The Morgan fingerprint density at radius 2 is 1.60 bits per heavy atom. The molecule has 1 unspecified atom stereocenters. The molecule has 2 nitrogen and oxygen atoms in total. The van der Waals surface area contributed by atoms with Gasteiger partial charge in [0.15, 0.2) is 0 Å². The van der Waals surface area contributed by atoms with Gasteiger partial charge in [-0.3, -0.25) is 0 Å². The van der Waals surface area contributed by atoms with Gasteiger partial charge in [0, 0.05) is 0 Å². The molecule has 0 amide bonds. The van der Waals surface area contributed by atoms with Gasteiger partial charge < -0.3 is 9.47 Å². The minimum absolute atomic E-state index is 0.0377. The highest BCUT2D eigenvalue weighted by molar-refractivity contribution is 5.27. The molecule has 0 saturated carbocycles. The summed E-state index contributed by atoms with van der Waals surface area (Å²) in [5.74, 6) is 0.951. The Balaban J connectivity index is 1.45. The van der Waals surface area contributed by atoms with Gasteiger partial charge >= 0.3 is 0 Å². The molecular formula is C23H36O2. The molecule has 0 aromatic heterocycles. The van der Waals surface area contributed by atoms with E-state index in [-0.39, 0.29) is 5.60 Å². The van der Waals surface area contributed by atoms with Crippen LogP contribution in [0.4, 0.5) is 0 Å². The van der Waals surface area contributed by atoms with E-state index < -0.39 is 0 Å². The van der Waals surface area contributed by atoms with Gasteiger partial charge in [-0.1, -0.05) is 63.3 Å². The Hall–Kier alpha value is -1.28. The van der Waals surface area contributed by atoms with Crippen LogP contribution in [0.5, 0.6) is 5.75 Å². The molecule has 0 N–H and O–H groups in total. The number of aryl methyl sites for hydroxylation is 1. The Kier molecular flexibility index (Phi) is 9.10. The first kappa shape index (κ1) is 20.0. The monoisotopic (exact) mass is 344 g/mol. The maximum atomic E-state index is 5.77. The standard InChI is InChI=1S/C23H36O2/c1-3-4-5-6-7-8-9-10-11-12-13-14-21-15-17-22(18-16-21)24-19-23(2)20-25-23/h6-7,15-18H,3-5,8-14,19-20H2,1-2H3/b7-6+. The van der Waals surface area contributed by atoms with Crippen molar-refractivity contribution in [1.82, 2.24) is 0 Å². The zero-order valence-corrected chi connectivity index (χ0v) is 16.3. The maximum Gasteiger partial charge on any atom is 0.123 e.